The van der Waals surface area contributed by atoms with E-state index in [0.29, 0.717) is 4.90 Å². The summed E-state index contributed by atoms with van der Waals surface area (Å²) in [5.74, 6) is -6.20. The lowest BCUT2D eigenvalue weighted by Gasteiger charge is -2.34. The summed E-state index contributed by atoms with van der Waals surface area (Å²) in [4.78, 5) is 12.2. The van der Waals surface area contributed by atoms with E-state index in [0.717, 1.165) is 0 Å². The summed E-state index contributed by atoms with van der Waals surface area (Å²) in [6, 6.07) is 0. The van der Waals surface area contributed by atoms with Gasteiger partial charge in [-0.15, -0.1) is 0 Å². The molecule has 10 heteroatoms. The number of thiocarbonyl (C=S) groups is 1. The second kappa shape index (κ2) is 5.74. The highest BCUT2D eigenvalue weighted by Gasteiger charge is 2.62. The number of nitrogens with two attached hydrogens (primary N) is 1. The van der Waals surface area contributed by atoms with E-state index >= 15 is 0 Å². The number of hydrogen-bond donors (Lipinski definition) is 1. The maximum absolute atomic E-state index is 12.4. The second-order valence-corrected chi connectivity index (χ2v) is 4.99. The molecule has 2 N–H and O–H groups in total. The summed E-state index contributed by atoms with van der Waals surface area (Å²) < 4.78 is 74.5. The molecule has 1 aliphatic rings. The minimum Gasteiger partial charge on any atom is -0.393 e. The Bertz CT molecular complexity index is 372. The molecular formula is C10H12F6N2OS. The highest BCUT2D eigenvalue weighted by molar-refractivity contribution is 7.80. The molecule has 0 saturated carbocycles. The van der Waals surface area contributed by atoms with E-state index in [1.165, 1.54) is 0 Å². The normalized spacial score (nSPS) is 18.4. The van der Waals surface area contributed by atoms with E-state index in [4.69, 9.17) is 18.0 Å². The monoisotopic (exact) mass is 322 g/mol. The third-order valence-corrected chi connectivity index (χ3v) is 3.44. The first-order chi connectivity index (χ1) is 8.94. The molecule has 0 unspecified atom stereocenters. The Morgan fingerprint density at radius 1 is 1.10 bits per heavy atom. The molecule has 0 atom stereocenters. The zero-order valence-corrected chi connectivity index (χ0v) is 10.9. The first kappa shape index (κ1) is 17.0. The van der Waals surface area contributed by atoms with Crippen molar-refractivity contribution in [2.24, 2.45) is 17.6 Å². The molecule has 1 rings (SSSR count). The Balaban J connectivity index is 2.81. The predicted molar refractivity (Wildman–Crippen MR) is 61.7 cm³/mol. The van der Waals surface area contributed by atoms with Crippen LogP contribution in [-0.4, -0.2) is 41.2 Å². The number of piperidine rings is 1. The largest absolute Gasteiger partial charge is 0.409 e. The van der Waals surface area contributed by atoms with Crippen molar-refractivity contribution in [3.63, 3.8) is 0 Å². The summed E-state index contributed by atoms with van der Waals surface area (Å²) in [5, 5.41) is 0. The van der Waals surface area contributed by atoms with Crippen LogP contribution in [0.15, 0.2) is 0 Å². The molecule has 116 valence electrons. The van der Waals surface area contributed by atoms with Crippen molar-refractivity contribution in [3.8, 4) is 0 Å². The molecule has 20 heavy (non-hydrogen) atoms. The van der Waals surface area contributed by atoms with Crippen LogP contribution in [0.2, 0.25) is 0 Å². The van der Waals surface area contributed by atoms with Gasteiger partial charge in [0.25, 0.3) is 0 Å². The van der Waals surface area contributed by atoms with Crippen molar-refractivity contribution in [1.29, 1.82) is 0 Å². The fourth-order valence-corrected chi connectivity index (χ4v) is 2.27. The van der Waals surface area contributed by atoms with Gasteiger partial charge < -0.3 is 10.6 Å². The molecule has 3 nitrogen and oxygen atoms in total. The third-order valence-electron chi connectivity index (χ3n) is 3.11. The molecule has 0 aromatic rings. The van der Waals surface area contributed by atoms with Gasteiger partial charge in [0.15, 0.2) is 0 Å². The zero-order chi connectivity index (χ0) is 15.7. The van der Waals surface area contributed by atoms with Gasteiger partial charge in [-0.2, -0.15) is 26.3 Å². The number of rotatable bonds is 2. The van der Waals surface area contributed by atoms with Crippen molar-refractivity contribution in [3.05, 3.63) is 0 Å². The first-order valence-electron chi connectivity index (χ1n) is 5.66. The molecular weight excluding hydrogens is 310 g/mol. The van der Waals surface area contributed by atoms with Gasteiger partial charge in [-0.05, 0) is 12.8 Å². The fraction of sp³-hybridized carbons (Fsp3) is 0.800. The maximum Gasteiger partial charge on any atom is 0.409 e. The van der Waals surface area contributed by atoms with Gasteiger partial charge in [0, 0.05) is 19.0 Å². The van der Waals surface area contributed by atoms with Gasteiger partial charge in [-0.3, -0.25) is 4.79 Å². The van der Waals surface area contributed by atoms with Crippen molar-refractivity contribution in [1.82, 2.24) is 4.90 Å². The molecule has 1 amide bonds. The summed E-state index contributed by atoms with van der Waals surface area (Å²) in [6.07, 6.45) is -11.0. The lowest BCUT2D eigenvalue weighted by molar-refractivity contribution is -0.277. The van der Waals surface area contributed by atoms with Crippen LogP contribution in [0.3, 0.4) is 0 Å². The molecule has 1 heterocycles. The quantitative estimate of drug-likeness (QED) is 0.626. The minimum absolute atomic E-state index is 0.153. The Hall–Kier alpha value is -1.06. The van der Waals surface area contributed by atoms with Crippen molar-refractivity contribution in [2.75, 3.05) is 13.1 Å². The smallest absolute Gasteiger partial charge is 0.393 e. The number of halogens is 6. The number of carbonyl (C=O) groups excluding carboxylic acids is 1. The molecule has 0 aromatic carbocycles. The van der Waals surface area contributed by atoms with Crippen LogP contribution in [-0.2, 0) is 4.79 Å². The van der Waals surface area contributed by atoms with Crippen molar-refractivity contribution in [2.45, 2.75) is 25.2 Å². The Morgan fingerprint density at radius 3 is 1.80 bits per heavy atom. The predicted octanol–water partition coefficient (Wildman–Crippen LogP) is 2.25. The number of nitrogens with zero attached hydrogens (tertiary/aromatic N) is 1. The number of carbonyl (C=O) groups is 1. The molecule has 1 saturated heterocycles. The van der Waals surface area contributed by atoms with Crippen LogP contribution in [0.1, 0.15) is 12.8 Å². The molecule has 1 fully saturated rings. The molecule has 0 bridgehead atoms. The molecule has 0 spiro atoms. The fourth-order valence-electron chi connectivity index (χ4n) is 2.03. The Kier molecular flexibility index (Phi) is 4.88. The molecule has 1 aliphatic heterocycles. The van der Waals surface area contributed by atoms with E-state index in [1.54, 1.807) is 0 Å². The van der Waals surface area contributed by atoms with Crippen LogP contribution in [0, 0.1) is 11.8 Å². The van der Waals surface area contributed by atoms with Crippen molar-refractivity contribution >= 4 is 23.1 Å². The van der Waals surface area contributed by atoms with Gasteiger partial charge in [-0.25, -0.2) is 0 Å². The number of alkyl halides is 6. The van der Waals surface area contributed by atoms with E-state index in [1.807, 2.05) is 0 Å². The Labute approximate surface area is 116 Å². The summed E-state index contributed by atoms with van der Waals surface area (Å²) in [6.45, 7) is -0.438. The maximum atomic E-state index is 12.4. The van der Waals surface area contributed by atoms with E-state index in [9.17, 15) is 31.1 Å². The highest BCUT2D eigenvalue weighted by Crippen LogP contribution is 2.40. The molecule has 0 radical (unpaired) electrons. The molecule has 0 aliphatic carbocycles. The standard InChI is InChI=1S/C10H12F6N2OS/c11-9(12,13)6(10(14,15)16)8(19)18-3-1-5(2-4-18)7(17)20/h5-6H,1-4H2,(H2,17,20). The summed E-state index contributed by atoms with van der Waals surface area (Å²) in [5.41, 5.74) is 5.36. The second-order valence-electron chi connectivity index (χ2n) is 4.52. The van der Waals surface area contributed by atoms with Gasteiger partial charge in [0.1, 0.15) is 0 Å². The van der Waals surface area contributed by atoms with Crippen LogP contribution in [0.25, 0.3) is 0 Å². The van der Waals surface area contributed by atoms with E-state index < -0.39 is 24.2 Å². The lowest BCUT2D eigenvalue weighted by Crippen LogP contribution is -2.52. The average Bonchev–Trinajstić information content (AvgIpc) is 2.25. The summed E-state index contributed by atoms with van der Waals surface area (Å²) >= 11 is 4.70. The summed E-state index contributed by atoms with van der Waals surface area (Å²) in [7, 11) is 0. The Morgan fingerprint density at radius 2 is 1.50 bits per heavy atom. The van der Waals surface area contributed by atoms with Gasteiger partial charge in [0.2, 0.25) is 11.8 Å². The van der Waals surface area contributed by atoms with Gasteiger partial charge in [-0.1, -0.05) is 12.2 Å². The van der Waals surface area contributed by atoms with Crippen LogP contribution in [0.4, 0.5) is 26.3 Å². The SMILES string of the molecule is NC(=S)C1CCN(C(=O)C(C(F)(F)F)C(F)(F)F)CC1. The average molecular weight is 322 g/mol. The van der Waals surface area contributed by atoms with Gasteiger partial charge in [0.05, 0.1) is 4.99 Å². The molecule has 0 aromatic heterocycles. The van der Waals surface area contributed by atoms with Crippen LogP contribution in [0.5, 0.6) is 0 Å². The van der Waals surface area contributed by atoms with E-state index in [-0.39, 0.29) is 36.8 Å². The number of amides is 1. The van der Waals surface area contributed by atoms with Crippen LogP contribution < -0.4 is 5.73 Å². The number of hydrogen-bond acceptors (Lipinski definition) is 2. The topological polar surface area (TPSA) is 46.3 Å². The van der Waals surface area contributed by atoms with Crippen molar-refractivity contribution < 1.29 is 31.1 Å². The van der Waals surface area contributed by atoms with E-state index in [2.05, 4.69) is 0 Å². The number of likely N-dealkylation sites (tertiary alicyclic amines) is 1. The van der Waals surface area contributed by atoms with Crippen LogP contribution >= 0.6 is 12.2 Å². The highest BCUT2D eigenvalue weighted by atomic mass is 32.1. The first-order valence-corrected chi connectivity index (χ1v) is 6.07. The zero-order valence-electron chi connectivity index (χ0n) is 10.1. The van der Waals surface area contributed by atoms with Gasteiger partial charge >= 0.3 is 12.4 Å². The third kappa shape index (κ3) is 3.97. The minimum atomic E-state index is -5.66. The lowest BCUT2D eigenvalue weighted by atomic mass is 9.95.